The van der Waals surface area contributed by atoms with Gasteiger partial charge in [0.1, 0.15) is 24.0 Å². The molecule has 12 rings (SSSR count). The van der Waals surface area contributed by atoms with Crippen LogP contribution in [0, 0.1) is 0 Å². The van der Waals surface area contributed by atoms with Crippen molar-refractivity contribution < 1.29 is 10.2 Å². The highest BCUT2D eigenvalue weighted by Crippen LogP contribution is 2.53. The molecule has 0 saturated heterocycles. The first-order valence-electron chi connectivity index (χ1n) is 28.5. The standard InChI is InChI=1S/C70H68N4O/c1-67(2,3)50-34-37-71-65(42-50)74-61-27-15-14-24-57(61)58-32-31-54(44-64(58)74)75-53-23-18-22-52(43-53)72-45-73(63-29-17-16-28-62(63)72)66-55(47-30-33-59-60(41-47)70(9,10)36-35-69(59,7)8)25-19-26-56(66)49-38-48(46-20-12-11-13-21-46)39-51(40-49)68(4,5)6/h11-34,37-44H,35-36,45H2,1-10H3/i14D,15D,24D,27D. The van der Waals surface area contributed by atoms with Crippen LogP contribution in [-0.4, -0.2) is 16.2 Å². The van der Waals surface area contributed by atoms with Gasteiger partial charge in [0.25, 0.3) is 0 Å². The SMILES string of the molecule is [2H]c1c([2H])c([2H])c2c(c1[2H])c1ccc(Oc3cccc(N4CN(c5c(-c6cc(-c7ccccc7)cc(C(C)(C)C)c6)cccc5-c5ccc6c(c5)C(C)(C)CCC6(C)C)c5ccccc54)c3)cc1n2-c1cc(C(C)(C)C)ccn1. The zero-order valence-corrected chi connectivity index (χ0v) is 45.0. The summed E-state index contributed by atoms with van der Waals surface area (Å²) in [5.74, 6) is 1.76. The smallest absolute Gasteiger partial charge is 0.137 e. The lowest BCUT2D eigenvalue weighted by Gasteiger charge is -2.42. The minimum Gasteiger partial charge on any atom is -0.457 e. The molecule has 0 amide bonds. The third kappa shape index (κ3) is 8.66. The van der Waals surface area contributed by atoms with Crippen LogP contribution >= 0.6 is 0 Å². The molecule has 0 radical (unpaired) electrons. The number of anilines is 4. The summed E-state index contributed by atoms with van der Waals surface area (Å²) in [5, 5.41) is 1.13. The second-order valence-electron chi connectivity index (χ2n) is 24.1. The summed E-state index contributed by atoms with van der Waals surface area (Å²) >= 11 is 0. The second kappa shape index (κ2) is 17.9. The number of ether oxygens (including phenoxy) is 1. The average molecular weight is 985 g/mol. The molecule has 5 nitrogen and oxygen atoms in total. The molecule has 1 aliphatic carbocycles. The van der Waals surface area contributed by atoms with Gasteiger partial charge in [0, 0.05) is 45.9 Å². The summed E-state index contributed by atoms with van der Waals surface area (Å²) in [5.41, 5.74) is 17.5. The lowest BCUT2D eigenvalue weighted by molar-refractivity contribution is 0.332. The molecule has 75 heavy (non-hydrogen) atoms. The molecule has 0 bridgehead atoms. The first-order chi connectivity index (χ1) is 37.6. The molecule has 2 aliphatic rings. The zero-order valence-electron chi connectivity index (χ0n) is 49.0. The van der Waals surface area contributed by atoms with Crippen LogP contribution in [0.15, 0.2) is 194 Å². The van der Waals surface area contributed by atoms with Crippen molar-refractivity contribution in [2.75, 3.05) is 16.5 Å². The number of hydrogen-bond donors (Lipinski definition) is 0. The van der Waals surface area contributed by atoms with Crippen LogP contribution in [0.2, 0.25) is 0 Å². The fraction of sp³-hybridized carbons (Fsp3) is 0.243. The minimum atomic E-state index is -0.290. The van der Waals surface area contributed by atoms with Gasteiger partial charge in [0.2, 0.25) is 0 Å². The largest absolute Gasteiger partial charge is 0.457 e. The van der Waals surface area contributed by atoms with E-state index in [2.05, 4.69) is 200 Å². The van der Waals surface area contributed by atoms with Crippen LogP contribution in [0.4, 0.5) is 22.7 Å². The number of aromatic nitrogens is 2. The van der Waals surface area contributed by atoms with Crippen molar-refractivity contribution in [1.29, 1.82) is 0 Å². The fourth-order valence-corrected chi connectivity index (χ4v) is 11.6. The van der Waals surface area contributed by atoms with Crippen molar-refractivity contribution in [3.8, 4) is 50.7 Å². The maximum Gasteiger partial charge on any atom is 0.137 e. The summed E-state index contributed by atoms with van der Waals surface area (Å²) in [6.45, 7) is 23.5. The fourth-order valence-electron chi connectivity index (χ4n) is 11.6. The number of pyridine rings is 1. The molecule has 0 fully saturated rings. The van der Waals surface area contributed by atoms with E-state index in [4.69, 9.17) is 15.2 Å². The molecule has 0 unspecified atom stereocenters. The minimum absolute atomic E-state index is 0.0311. The number of benzene rings is 8. The summed E-state index contributed by atoms with van der Waals surface area (Å²) in [6.07, 6.45) is 4.05. The molecule has 2 aromatic heterocycles. The molecule has 0 spiro atoms. The normalized spacial score (nSPS) is 15.8. The number of hydrogen-bond acceptors (Lipinski definition) is 4. The number of fused-ring (bicyclic) bond motifs is 5. The molecular weight excluding hydrogens is 913 g/mol. The van der Waals surface area contributed by atoms with Gasteiger partial charge in [0.05, 0.1) is 33.6 Å². The predicted octanol–water partition coefficient (Wildman–Crippen LogP) is 19.2. The van der Waals surface area contributed by atoms with Crippen LogP contribution < -0.4 is 14.5 Å². The number of rotatable bonds is 8. The van der Waals surface area contributed by atoms with E-state index in [1.54, 1.807) is 6.20 Å². The Kier molecular flexibility index (Phi) is 10.4. The van der Waals surface area contributed by atoms with Gasteiger partial charge in [-0.3, -0.25) is 4.57 Å². The van der Waals surface area contributed by atoms with Gasteiger partial charge in [-0.1, -0.05) is 184 Å². The molecule has 1 aliphatic heterocycles. The maximum atomic E-state index is 9.15. The third-order valence-electron chi connectivity index (χ3n) is 16.0. The number of nitrogens with zero attached hydrogens (tertiary/aromatic N) is 4. The van der Waals surface area contributed by atoms with Gasteiger partial charge in [-0.05, 0) is 140 Å². The molecule has 0 saturated carbocycles. The van der Waals surface area contributed by atoms with Gasteiger partial charge < -0.3 is 14.5 Å². The lowest BCUT2D eigenvalue weighted by Crippen LogP contribution is -2.33. The Hall–Kier alpha value is -7.89. The van der Waals surface area contributed by atoms with Crippen molar-refractivity contribution in [1.82, 2.24) is 9.55 Å². The molecule has 0 N–H and O–H groups in total. The Morgan fingerprint density at radius 1 is 0.507 bits per heavy atom. The summed E-state index contributed by atoms with van der Waals surface area (Å²) in [7, 11) is 0. The van der Waals surface area contributed by atoms with E-state index in [-0.39, 0.29) is 45.8 Å². The highest BCUT2D eigenvalue weighted by molar-refractivity contribution is 6.09. The van der Waals surface area contributed by atoms with Crippen molar-refractivity contribution in [2.45, 2.75) is 104 Å². The summed E-state index contributed by atoms with van der Waals surface area (Å²) in [6, 6.07) is 57.9. The first-order valence-corrected chi connectivity index (χ1v) is 26.5. The molecule has 3 heterocycles. The van der Waals surface area contributed by atoms with E-state index in [1.165, 1.54) is 44.5 Å². The molecule has 5 heteroatoms. The van der Waals surface area contributed by atoms with E-state index in [9.17, 15) is 0 Å². The maximum absolute atomic E-state index is 9.15. The zero-order chi connectivity index (χ0) is 55.5. The van der Waals surface area contributed by atoms with Crippen molar-refractivity contribution >= 4 is 44.6 Å². The van der Waals surface area contributed by atoms with E-state index in [0.29, 0.717) is 45.8 Å². The van der Waals surface area contributed by atoms with Gasteiger partial charge in [-0.15, -0.1) is 0 Å². The van der Waals surface area contributed by atoms with Crippen molar-refractivity contribution in [3.05, 3.63) is 216 Å². The number of para-hydroxylation sites is 4. The van der Waals surface area contributed by atoms with Crippen LogP contribution in [0.5, 0.6) is 11.5 Å². The highest BCUT2D eigenvalue weighted by Gasteiger charge is 2.38. The summed E-state index contributed by atoms with van der Waals surface area (Å²) < 4.78 is 44.2. The summed E-state index contributed by atoms with van der Waals surface area (Å²) in [4.78, 5) is 9.68. The monoisotopic (exact) mass is 985 g/mol. The van der Waals surface area contributed by atoms with E-state index in [1.807, 2.05) is 47.0 Å². The molecule has 10 aromatic rings. The topological polar surface area (TPSA) is 33.5 Å². The van der Waals surface area contributed by atoms with Gasteiger partial charge in [-0.25, -0.2) is 4.98 Å². The van der Waals surface area contributed by atoms with Crippen molar-refractivity contribution in [2.24, 2.45) is 0 Å². The molecular formula is C70H68N4O. The first kappa shape index (κ1) is 43.5. The third-order valence-corrected chi connectivity index (χ3v) is 16.0. The molecule has 8 aromatic carbocycles. The van der Waals surface area contributed by atoms with Crippen LogP contribution in [-0.2, 0) is 21.7 Å². The Morgan fingerprint density at radius 3 is 1.93 bits per heavy atom. The van der Waals surface area contributed by atoms with Gasteiger partial charge in [0.15, 0.2) is 0 Å². The van der Waals surface area contributed by atoms with Crippen molar-refractivity contribution in [3.63, 3.8) is 0 Å². The Bertz CT molecular complexity index is 4070. The average Bonchev–Trinajstić information content (AvgIpc) is 4.14. The Labute approximate surface area is 449 Å². The predicted molar refractivity (Wildman–Crippen MR) is 316 cm³/mol. The quantitative estimate of drug-likeness (QED) is 0.152. The van der Waals surface area contributed by atoms with Crippen LogP contribution in [0.1, 0.15) is 110 Å². The Balaban J connectivity index is 0.987. The van der Waals surface area contributed by atoms with Gasteiger partial charge >= 0.3 is 0 Å². The van der Waals surface area contributed by atoms with E-state index >= 15 is 0 Å². The van der Waals surface area contributed by atoms with Gasteiger partial charge in [-0.2, -0.15) is 0 Å². The highest BCUT2D eigenvalue weighted by atomic mass is 16.5. The molecule has 374 valence electrons. The second-order valence-corrected chi connectivity index (χ2v) is 24.1. The van der Waals surface area contributed by atoms with E-state index in [0.717, 1.165) is 46.7 Å². The lowest BCUT2D eigenvalue weighted by atomic mass is 9.63. The van der Waals surface area contributed by atoms with E-state index < -0.39 is 0 Å². The Morgan fingerprint density at radius 2 is 1.17 bits per heavy atom. The van der Waals surface area contributed by atoms with Crippen LogP contribution in [0.3, 0.4) is 0 Å². The van der Waals surface area contributed by atoms with Crippen LogP contribution in [0.25, 0.3) is 61.0 Å². The molecule has 0 atom stereocenters.